The Kier molecular flexibility index (Phi) is 6.49. The summed E-state index contributed by atoms with van der Waals surface area (Å²) in [6.07, 6.45) is 1.94. The predicted molar refractivity (Wildman–Crippen MR) is 125 cm³/mol. The van der Waals surface area contributed by atoms with Gasteiger partial charge >= 0.3 is 29.6 Å². The number of hydrogen-bond acceptors (Lipinski definition) is 4. The summed E-state index contributed by atoms with van der Waals surface area (Å²) in [7, 11) is 3.58. The summed E-state index contributed by atoms with van der Waals surface area (Å²) < 4.78 is 21.4. The number of pyridine rings is 1. The Balaban J connectivity index is 0.00000274. The number of aromatic carboxylic acids is 1. The zero-order valence-corrected chi connectivity index (χ0v) is 21.3. The number of halogens is 1. The standard InChI is InChI=1S/C27H21FN2O3.Na/c1-15-24(27(31)32)20-13-16(28)11-12-22(20)29-25(15)21-14-30(2)26-18(8-6-9-19(21)26)17-7-4-5-10-23(17)33-3;/h4-14H,1-3H3,(H,31,32);/q;+1/p-1. The van der Waals surface area contributed by atoms with Gasteiger partial charge in [-0.15, -0.1) is 0 Å². The number of benzene rings is 3. The van der Waals surface area contributed by atoms with Crippen LogP contribution in [0.3, 0.4) is 0 Å². The van der Waals surface area contributed by atoms with Gasteiger partial charge in [-0.2, -0.15) is 0 Å². The van der Waals surface area contributed by atoms with Crippen molar-refractivity contribution in [3.8, 4) is 28.1 Å². The third-order valence-electron chi connectivity index (χ3n) is 6.05. The molecule has 2 aromatic heterocycles. The molecule has 0 radical (unpaired) electrons. The molecule has 0 N–H and O–H groups in total. The van der Waals surface area contributed by atoms with Crippen LogP contribution in [-0.2, 0) is 7.05 Å². The topological polar surface area (TPSA) is 67.2 Å². The molecular formula is C27H20FN2NaO3. The molecule has 0 bridgehead atoms. The van der Waals surface area contributed by atoms with Crippen molar-refractivity contribution in [2.24, 2.45) is 7.05 Å². The van der Waals surface area contributed by atoms with E-state index in [0.29, 0.717) is 16.8 Å². The van der Waals surface area contributed by atoms with Gasteiger partial charge in [0.05, 0.1) is 29.8 Å². The number of aromatic nitrogens is 2. The van der Waals surface area contributed by atoms with E-state index in [0.717, 1.165) is 33.3 Å². The van der Waals surface area contributed by atoms with E-state index < -0.39 is 11.8 Å². The van der Waals surface area contributed by atoms with E-state index >= 15 is 0 Å². The molecule has 0 fully saturated rings. The third-order valence-corrected chi connectivity index (χ3v) is 6.05. The van der Waals surface area contributed by atoms with Crippen molar-refractivity contribution < 1.29 is 48.6 Å². The van der Waals surface area contributed by atoms with Crippen LogP contribution in [0, 0.1) is 12.7 Å². The maximum absolute atomic E-state index is 13.9. The average molecular weight is 462 g/mol. The summed E-state index contributed by atoms with van der Waals surface area (Å²) in [5.41, 5.74) is 5.00. The van der Waals surface area contributed by atoms with E-state index in [2.05, 4.69) is 0 Å². The number of ether oxygens (including phenoxy) is 1. The van der Waals surface area contributed by atoms with Crippen LogP contribution in [0.25, 0.3) is 44.2 Å². The van der Waals surface area contributed by atoms with Crippen LogP contribution in [0.4, 0.5) is 4.39 Å². The number of carboxylic acids is 1. The zero-order valence-electron chi connectivity index (χ0n) is 19.3. The molecule has 0 unspecified atom stereocenters. The second kappa shape index (κ2) is 9.22. The first kappa shape index (κ1) is 24.0. The van der Waals surface area contributed by atoms with Gasteiger partial charge in [0.15, 0.2) is 0 Å². The fourth-order valence-electron chi connectivity index (χ4n) is 4.60. The molecule has 0 atom stereocenters. The van der Waals surface area contributed by atoms with Gasteiger partial charge in [0, 0.05) is 46.3 Å². The number of nitrogens with zero attached hydrogens (tertiary/aromatic N) is 2. The summed E-state index contributed by atoms with van der Waals surface area (Å²) >= 11 is 0. The van der Waals surface area contributed by atoms with Crippen LogP contribution in [-0.4, -0.2) is 22.6 Å². The number of para-hydroxylation sites is 2. The number of aryl methyl sites for hydroxylation is 1. The number of carboxylic acid groups (broad SMARTS) is 1. The first-order chi connectivity index (χ1) is 15.9. The van der Waals surface area contributed by atoms with Crippen molar-refractivity contribution in [1.82, 2.24) is 9.55 Å². The number of rotatable bonds is 4. The van der Waals surface area contributed by atoms with Crippen LogP contribution in [0.1, 0.15) is 15.9 Å². The molecule has 7 heteroatoms. The molecule has 0 amide bonds. The summed E-state index contributed by atoms with van der Waals surface area (Å²) in [6, 6.07) is 17.7. The molecule has 0 saturated heterocycles. The maximum atomic E-state index is 13.9. The van der Waals surface area contributed by atoms with Crippen molar-refractivity contribution in [1.29, 1.82) is 0 Å². The van der Waals surface area contributed by atoms with Crippen molar-refractivity contribution in [2.75, 3.05) is 7.11 Å². The molecule has 0 aliphatic rings. The van der Waals surface area contributed by atoms with Gasteiger partial charge in [-0.25, -0.2) is 9.37 Å². The fraction of sp³-hybridized carbons (Fsp3) is 0.111. The van der Waals surface area contributed by atoms with Gasteiger partial charge in [-0.1, -0.05) is 36.4 Å². The Morgan fingerprint density at radius 3 is 2.47 bits per heavy atom. The van der Waals surface area contributed by atoms with E-state index in [-0.39, 0.29) is 40.5 Å². The monoisotopic (exact) mass is 462 g/mol. The van der Waals surface area contributed by atoms with Crippen LogP contribution in [0.5, 0.6) is 5.75 Å². The Bertz CT molecular complexity index is 1580. The van der Waals surface area contributed by atoms with E-state index in [4.69, 9.17) is 9.72 Å². The second-order valence-electron chi connectivity index (χ2n) is 7.97. The smallest absolute Gasteiger partial charge is 0.545 e. The first-order valence-electron chi connectivity index (χ1n) is 10.4. The van der Waals surface area contributed by atoms with Gasteiger partial charge < -0.3 is 19.2 Å². The number of fused-ring (bicyclic) bond motifs is 2. The van der Waals surface area contributed by atoms with Crippen LogP contribution < -0.4 is 39.4 Å². The Morgan fingerprint density at radius 1 is 1.00 bits per heavy atom. The quantitative estimate of drug-likeness (QED) is 0.383. The molecule has 0 spiro atoms. The van der Waals surface area contributed by atoms with Gasteiger partial charge in [0.2, 0.25) is 0 Å². The molecule has 5 nitrogen and oxygen atoms in total. The van der Waals surface area contributed by atoms with Crippen LogP contribution >= 0.6 is 0 Å². The molecule has 34 heavy (non-hydrogen) atoms. The number of carbonyl (C=O) groups excluding carboxylic acids is 1. The molecule has 3 aromatic carbocycles. The molecule has 5 aromatic rings. The van der Waals surface area contributed by atoms with E-state index in [9.17, 15) is 14.3 Å². The van der Waals surface area contributed by atoms with E-state index in [1.165, 1.54) is 18.2 Å². The van der Waals surface area contributed by atoms with Crippen LogP contribution in [0.15, 0.2) is 66.9 Å². The first-order valence-corrected chi connectivity index (χ1v) is 10.4. The summed E-state index contributed by atoms with van der Waals surface area (Å²) in [5.74, 6) is -1.12. The molecule has 5 rings (SSSR count). The van der Waals surface area contributed by atoms with E-state index in [1.54, 1.807) is 14.0 Å². The normalized spacial score (nSPS) is 10.9. The predicted octanol–water partition coefficient (Wildman–Crippen LogP) is 1.88. The minimum atomic E-state index is -1.36. The van der Waals surface area contributed by atoms with Gasteiger partial charge in [-0.05, 0) is 36.8 Å². The average Bonchev–Trinajstić information content (AvgIpc) is 3.15. The minimum absolute atomic E-state index is 0. The number of hydrogen-bond donors (Lipinski definition) is 0. The van der Waals surface area contributed by atoms with Crippen molar-refractivity contribution in [3.05, 3.63) is 83.8 Å². The number of methoxy groups -OCH3 is 1. The molecule has 0 aliphatic heterocycles. The molecule has 0 aliphatic carbocycles. The largest absolute Gasteiger partial charge is 1.00 e. The van der Waals surface area contributed by atoms with Crippen molar-refractivity contribution in [3.63, 3.8) is 0 Å². The van der Waals surface area contributed by atoms with Gasteiger partial charge in [0.25, 0.3) is 0 Å². The van der Waals surface area contributed by atoms with Crippen LogP contribution in [0.2, 0.25) is 0 Å². The minimum Gasteiger partial charge on any atom is -0.545 e. The fourth-order valence-corrected chi connectivity index (χ4v) is 4.60. The van der Waals surface area contributed by atoms with Crippen molar-refractivity contribution >= 4 is 27.8 Å². The SMILES string of the molecule is COc1ccccc1-c1cccc2c(-c3nc4ccc(F)cc4c(C(=O)[O-])c3C)cn(C)c12.[Na+]. The Labute approximate surface area is 218 Å². The zero-order chi connectivity index (χ0) is 23.3. The van der Waals surface area contributed by atoms with Crippen molar-refractivity contribution in [2.45, 2.75) is 6.92 Å². The molecule has 164 valence electrons. The summed E-state index contributed by atoms with van der Waals surface area (Å²) in [6.45, 7) is 1.68. The van der Waals surface area contributed by atoms with E-state index in [1.807, 2.05) is 60.3 Å². The van der Waals surface area contributed by atoms with Gasteiger partial charge in [-0.3, -0.25) is 0 Å². The molecule has 2 heterocycles. The Morgan fingerprint density at radius 2 is 1.74 bits per heavy atom. The summed E-state index contributed by atoms with van der Waals surface area (Å²) in [4.78, 5) is 16.8. The summed E-state index contributed by atoms with van der Waals surface area (Å²) in [5, 5.41) is 13.2. The van der Waals surface area contributed by atoms with Gasteiger partial charge in [0.1, 0.15) is 11.6 Å². The third kappa shape index (κ3) is 3.78. The second-order valence-corrected chi connectivity index (χ2v) is 7.97. The number of carbonyl (C=O) groups is 1. The molecule has 0 saturated carbocycles. The maximum Gasteiger partial charge on any atom is 1.00 e. The molecular weight excluding hydrogens is 442 g/mol. The Hall–Kier alpha value is -3.19.